The molecule has 2 aromatic carbocycles. The average molecular weight is 559 g/mol. The van der Waals surface area contributed by atoms with Crippen molar-refractivity contribution in [2.45, 2.75) is 0 Å². The predicted octanol–water partition coefficient (Wildman–Crippen LogP) is 3.62. The van der Waals surface area contributed by atoms with Crippen LogP contribution in [-0.2, 0) is 0 Å². The van der Waals surface area contributed by atoms with E-state index in [1.54, 1.807) is 0 Å². The van der Waals surface area contributed by atoms with E-state index in [0.717, 1.165) is 87.5 Å². The highest BCUT2D eigenvalue weighted by Gasteiger charge is 2.22. The average Bonchev–Trinajstić information content (AvgIpc) is 3.05. The molecule has 4 aromatic rings. The summed E-state index contributed by atoms with van der Waals surface area (Å²) < 4.78 is 0. The van der Waals surface area contributed by atoms with E-state index < -0.39 is 0 Å². The van der Waals surface area contributed by atoms with Crippen LogP contribution in [0, 0.1) is 22.7 Å². The molecule has 2 saturated heterocycles. The van der Waals surface area contributed by atoms with E-state index in [1.165, 1.54) is 0 Å². The van der Waals surface area contributed by atoms with Gasteiger partial charge in [0.1, 0.15) is 12.1 Å². The molecule has 0 aliphatic carbocycles. The summed E-state index contributed by atoms with van der Waals surface area (Å²) in [6, 6.07) is 19.7. The molecule has 42 heavy (non-hydrogen) atoms. The summed E-state index contributed by atoms with van der Waals surface area (Å²) in [5.41, 5.74) is 4.02. The summed E-state index contributed by atoms with van der Waals surface area (Å²) >= 11 is 0. The van der Waals surface area contributed by atoms with Crippen molar-refractivity contribution in [2.24, 2.45) is 0 Å². The van der Waals surface area contributed by atoms with Gasteiger partial charge in [0, 0.05) is 65.4 Å². The van der Waals surface area contributed by atoms with E-state index in [4.69, 9.17) is 0 Å². The lowest BCUT2D eigenvalue weighted by molar-refractivity contribution is 0.283. The van der Waals surface area contributed by atoms with Crippen LogP contribution in [-0.4, -0.2) is 95.2 Å². The maximum absolute atomic E-state index is 9.34. The second-order valence-electron chi connectivity index (χ2n) is 10.1. The SMILES string of the molecule is C=CCN1CCN(c2nc3ccccc3nc2C#N)CC1.C=CCN1CCN(c2nc3ccccc3nc2C#N)CC1. The summed E-state index contributed by atoms with van der Waals surface area (Å²) in [4.78, 5) is 27.1. The quantitative estimate of drug-likeness (QED) is 0.325. The predicted molar refractivity (Wildman–Crippen MR) is 166 cm³/mol. The van der Waals surface area contributed by atoms with Crippen molar-refractivity contribution in [3.05, 3.63) is 85.2 Å². The molecular formula is C32H34N10. The maximum atomic E-state index is 9.34. The summed E-state index contributed by atoms with van der Waals surface area (Å²) in [6.07, 6.45) is 3.85. The fourth-order valence-corrected chi connectivity index (χ4v) is 5.22. The molecule has 10 heteroatoms. The van der Waals surface area contributed by atoms with Gasteiger partial charge in [-0.1, -0.05) is 36.4 Å². The maximum Gasteiger partial charge on any atom is 0.183 e. The zero-order chi connectivity index (χ0) is 29.3. The number of fused-ring (bicyclic) bond motifs is 2. The topological polar surface area (TPSA) is 112 Å². The number of hydrogen-bond acceptors (Lipinski definition) is 10. The molecule has 212 valence electrons. The molecule has 0 unspecified atom stereocenters. The molecule has 0 amide bonds. The van der Waals surface area contributed by atoms with Gasteiger partial charge in [-0.3, -0.25) is 9.80 Å². The first-order valence-corrected chi connectivity index (χ1v) is 14.1. The number of aromatic nitrogens is 4. The van der Waals surface area contributed by atoms with Gasteiger partial charge in [-0.05, 0) is 24.3 Å². The van der Waals surface area contributed by atoms with Crippen LogP contribution in [0.25, 0.3) is 22.1 Å². The molecule has 2 fully saturated rings. The Morgan fingerprint density at radius 2 is 0.905 bits per heavy atom. The van der Waals surface area contributed by atoms with Crippen molar-refractivity contribution in [3.8, 4) is 12.1 Å². The molecular weight excluding hydrogens is 524 g/mol. The molecule has 0 bridgehead atoms. The number of piperazine rings is 2. The van der Waals surface area contributed by atoms with Crippen molar-refractivity contribution in [3.63, 3.8) is 0 Å². The molecule has 0 spiro atoms. The minimum absolute atomic E-state index is 0.408. The Morgan fingerprint density at radius 1 is 0.571 bits per heavy atom. The summed E-state index contributed by atoms with van der Waals surface area (Å²) in [7, 11) is 0. The number of para-hydroxylation sites is 4. The van der Waals surface area contributed by atoms with Crippen molar-refractivity contribution in [1.82, 2.24) is 29.7 Å². The third kappa shape index (κ3) is 6.52. The van der Waals surface area contributed by atoms with E-state index >= 15 is 0 Å². The van der Waals surface area contributed by atoms with Gasteiger partial charge in [0.25, 0.3) is 0 Å². The van der Waals surface area contributed by atoms with Gasteiger partial charge < -0.3 is 9.80 Å². The second-order valence-corrected chi connectivity index (χ2v) is 10.1. The highest BCUT2D eigenvalue weighted by Crippen LogP contribution is 2.22. The molecule has 2 aliphatic rings. The van der Waals surface area contributed by atoms with E-state index in [-0.39, 0.29) is 0 Å². The van der Waals surface area contributed by atoms with Gasteiger partial charge in [-0.25, -0.2) is 19.9 Å². The Labute approximate surface area is 246 Å². The molecule has 4 heterocycles. The van der Waals surface area contributed by atoms with Crippen LogP contribution in [0.15, 0.2) is 73.8 Å². The minimum atomic E-state index is 0.408. The minimum Gasteiger partial charge on any atom is -0.352 e. The van der Waals surface area contributed by atoms with Gasteiger partial charge in [-0.2, -0.15) is 10.5 Å². The van der Waals surface area contributed by atoms with E-state index in [9.17, 15) is 10.5 Å². The van der Waals surface area contributed by atoms with Crippen LogP contribution < -0.4 is 9.80 Å². The molecule has 2 aliphatic heterocycles. The Morgan fingerprint density at radius 3 is 1.21 bits per heavy atom. The lowest BCUT2D eigenvalue weighted by Gasteiger charge is -2.35. The first-order chi connectivity index (χ1) is 20.6. The molecule has 10 nitrogen and oxygen atoms in total. The number of nitrogens with zero attached hydrogens (tertiary/aromatic N) is 10. The fraction of sp³-hybridized carbons (Fsp3) is 0.312. The first kappa shape index (κ1) is 28.6. The Kier molecular flexibility index (Phi) is 9.30. The van der Waals surface area contributed by atoms with Gasteiger partial charge in [0.05, 0.1) is 22.1 Å². The smallest absolute Gasteiger partial charge is 0.183 e. The van der Waals surface area contributed by atoms with Gasteiger partial charge in [-0.15, -0.1) is 13.2 Å². The van der Waals surface area contributed by atoms with Crippen molar-refractivity contribution < 1.29 is 0 Å². The monoisotopic (exact) mass is 558 g/mol. The lowest BCUT2D eigenvalue weighted by atomic mass is 10.2. The summed E-state index contributed by atoms with van der Waals surface area (Å²) in [5, 5.41) is 18.7. The summed E-state index contributed by atoms with van der Waals surface area (Å²) in [6.45, 7) is 16.6. The Hall–Kier alpha value is -4.90. The fourth-order valence-electron chi connectivity index (χ4n) is 5.22. The summed E-state index contributed by atoms with van der Waals surface area (Å²) in [5.74, 6) is 1.41. The van der Waals surface area contributed by atoms with E-state index in [1.807, 2.05) is 60.7 Å². The molecule has 0 N–H and O–H groups in total. The van der Waals surface area contributed by atoms with Crippen LogP contribution >= 0.6 is 0 Å². The van der Waals surface area contributed by atoms with Crippen LogP contribution in [0.3, 0.4) is 0 Å². The highest BCUT2D eigenvalue weighted by molar-refractivity contribution is 5.78. The second kappa shape index (κ2) is 13.6. The molecule has 0 saturated carbocycles. The van der Waals surface area contributed by atoms with Crippen LogP contribution in [0.1, 0.15) is 11.4 Å². The zero-order valence-electron chi connectivity index (χ0n) is 23.7. The largest absolute Gasteiger partial charge is 0.352 e. The van der Waals surface area contributed by atoms with Crippen LogP contribution in [0.5, 0.6) is 0 Å². The number of hydrogen-bond donors (Lipinski definition) is 0. The van der Waals surface area contributed by atoms with Crippen LogP contribution in [0.4, 0.5) is 11.6 Å². The Bertz CT molecular complexity index is 1510. The van der Waals surface area contributed by atoms with Crippen molar-refractivity contribution in [2.75, 3.05) is 75.2 Å². The molecule has 0 radical (unpaired) electrons. The molecule has 0 atom stereocenters. The van der Waals surface area contributed by atoms with Gasteiger partial charge in [0.2, 0.25) is 0 Å². The van der Waals surface area contributed by atoms with Gasteiger partial charge in [0.15, 0.2) is 23.0 Å². The first-order valence-electron chi connectivity index (χ1n) is 14.1. The molecule has 6 rings (SSSR count). The van der Waals surface area contributed by atoms with Crippen LogP contribution in [0.2, 0.25) is 0 Å². The third-order valence-electron chi connectivity index (χ3n) is 7.43. The number of anilines is 2. The molecule has 2 aromatic heterocycles. The number of rotatable bonds is 6. The normalized spacial score (nSPS) is 15.9. The number of benzene rings is 2. The Balaban J connectivity index is 0.000000168. The van der Waals surface area contributed by atoms with Crippen molar-refractivity contribution in [1.29, 1.82) is 10.5 Å². The van der Waals surface area contributed by atoms with Crippen molar-refractivity contribution >= 4 is 33.7 Å². The van der Waals surface area contributed by atoms with E-state index in [2.05, 4.69) is 64.8 Å². The lowest BCUT2D eigenvalue weighted by Crippen LogP contribution is -2.47. The zero-order valence-corrected chi connectivity index (χ0v) is 23.7. The number of nitriles is 2. The van der Waals surface area contributed by atoms with E-state index in [0.29, 0.717) is 23.0 Å². The third-order valence-corrected chi connectivity index (χ3v) is 7.43. The van der Waals surface area contributed by atoms with Gasteiger partial charge >= 0.3 is 0 Å². The standard InChI is InChI=1S/2C16H17N5/c2*1-2-7-20-8-10-21(11-9-20)16-15(12-17)18-13-5-3-4-6-14(13)19-16/h2*2-6H,1,7-11H2. The highest BCUT2D eigenvalue weighted by atomic mass is 15.3.